The molecule has 142 valence electrons. The molecule has 0 fully saturated rings. The summed E-state index contributed by atoms with van der Waals surface area (Å²) in [4.78, 5) is 9.28. The van der Waals surface area contributed by atoms with Crippen molar-refractivity contribution in [3.8, 4) is 5.75 Å². The lowest BCUT2D eigenvalue weighted by molar-refractivity contribution is 0.415. The third-order valence-electron chi connectivity index (χ3n) is 4.52. The number of anilines is 3. The highest BCUT2D eigenvalue weighted by atomic mass is 16.5. The summed E-state index contributed by atoms with van der Waals surface area (Å²) in [5.41, 5.74) is 4.08. The smallest absolute Gasteiger partial charge is 0.227 e. The van der Waals surface area contributed by atoms with Crippen LogP contribution in [-0.4, -0.2) is 26.9 Å². The van der Waals surface area contributed by atoms with Gasteiger partial charge in [0.05, 0.1) is 18.7 Å². The van der Waals surface area contributed by atoms with E-state index in [4.69, 9.17) is 4.74 Å². The Morgan fingerprint density at radius 2 is 1.75 bits per heavy atom. The van der Waals surface area contributed by atoms with Gasteiger partial charge in [0.25, 0.3) is 0 Å². The number of methoxy groups -OCH3 is 1. The van der Waals surface area contributed by atoms with Crippen LogP contribution in [0.15, 0.2) is 54.7 Å². The monoisotopic (exact) mass is 374 g/mol. The molecule has 28 heavy (non-hydrogen) atoms. The van der Waals surface area contributed by atoms with Gasteiger partial charge in [-0.15, -0.1) is 0 Å². The molecule has 0 spiro atoms. The molecule has 0 aliphatic rings. The number of aromatic nitrogens is 4. The summed E-state index contributed by atoms with van der Waals surface area (Å²) in [6.45, 7) is 2.72. The number of fused-ring (bicyclic) bond motifs is 1. The van der Waals surface area contributed by atoms with Gasteiger partial charge in [-0.05, 0) is 36.8 Å². The fourth-order valence-corrected chi connectivity index (χ4v) is 2.89. The standard InChI is InChI=1S/C21H22N6O/c1-14-4-6-15(7-5-14)12-22-21-25-19(18-13-23-27(2)20(18)26-21)24-16-8-10-17(28-3)11-9-16/h4-11,13H,12H2,1-3H3,(H2,22,24,25,26). The highest BCUT2D eigenvalue weighted by Gasteiger charge is 2.12. The molecule has 2 aromatic carbocycles. The van der Waals surface area contributed by atoms with E-state index in [1.807, 2.05) is 31.3 Å². The number of nitrogens with one attached hydrogen (secondary N) is 2. The molecule has 2 heterocycles. The molecule has 0 amide bonds. The van der Waals surface area contributed by atoms with Gasteiger partial charge in [0, 0.05) is 19.3 Å². The number of rotatable bonds is 6. The van der Waals surface area contributed by atoms with Crippen LogP contribution in [-0.2, 0) is 13.6 Å². The molecule has 2 aromatic heterocycles. The van der Waals surface area contributed by atoms with Crippen LogP contribution in [0.25, 0.3) is 11.0 Å². The molecular weight excluding hydrogens is 352 g/mol. The van der Waals surface area contributed by atoms with Gasteiger partial charge in [-0.25, -0.2) is 0 Å². The van der Waals surface area contributed by atoms with Crippen molar-refractivity contribution in [1.29, 1.82) is 0 Å². The zero-order valence-corrected chi connectivity index (χ0v) is 16.1. The maximum Gasteiger partial charge on any atom is 0.227 e. The quantitative estimate of drug-likeness (QED) is 0.530. The van der Waals surface area contributed by atoms with Crippen LogP contribution in [0.3, 0.4) is 0 Å². The van der Waals surface area contributed by atoms with Crippen molar-refractivity contribution in [3.05, 3.63) is 65.9 Å². The summed E-state index contributed by atoms with van der Waals surface area (Å²) >= 11 is 0. The number of ether oxygens (including phenoxy) is 1. The molecule has 4 rings (SSSR count). The van der Waals surface area contributed by atoms with Crippen molar-refractivity contribution < 1.29 is 4.74 Å². The zero-order chi connectivity index (χ0) is 19.5. The van der Waals surface area contributed by atoms with Crippen molar-refractivity contribution in [2.45, 2.75) is 13.5 Å². The maximum atomic E-state index is 5.22. The Morgan fingerprint density at radius 1 is 1.00 bits per heavy atom. The summed E-state index contributed by atoms with van der Waals surface area (Å²) in [5.74, 6) is 2.06. The lowest BCUT2D eigenvalue weighted by atomic mass is 10.1. The molecule has 0 saturated heterocycles. The van der Waals surface area contributed by atoms with Crippen LogP contribution in [0.4, 0.5) is 17.5 Å². The molecule has 0 radical (unpaired) electrons. The number of nitrogens with zero attached hydrogens (tertiary/aromatic N) is 4. The topological polar surface area (TPSA) is 76.9 Å². The van der Waals surface area contributed by atoms with Gasteiger partial charge < -0.3 is 15.4 Å². The van der Waals surface area contributed by atoms with Gasteiger partial charge in [0.2, 0.25) is 5.95 Å². The third kappa shape index (κ3) is 3.73. The fraction of sp³-hybridized carbons (Fsp3) is 0.190. The molecule has 0 aliphatic heterocycles. The van der Waals surface area contributed by atoms with E-state index in [0.717, 1.165) is 22.5 Å². The first-order chi connectivity index (χ1) is 13.6. The number of benzene rings is 2. The van der Waals surface area contributed by atoms with E-state index in [1.165, 1.54) is 11.1 Å². The molecule has 7 nitrogen and oxygen atoms in total. The van der Waals surface area contributed by atoms with Crippen LogP contribution in [0.5, 0.6) is 5.75 Å². The molecule has 0 saturated carbocycles. The molecule has 0 atom stereocenters. The average Bonchev–Trinajstić information content (AvgIpc) is 3.09. The summed E-state index contributed by atoms with van der Waals surface area (Å²) in [6, 6.07) is 16.1. The van der Waals surface area contributed by atoms with Crippen LogP contribution >= 0.6 is 0 Å². The second-order valence-corrected chi connectivity index (χ2v) is 6.59. The fourth-order valence-electron chi connectivity index (χ4n) is 2.89. The largest absolute Gasteiger partial charge is 0.497 e. The molecule has 0 aliphatic carbocycles. The Balaban J connectivity index is 1.62. The van der Waals surface area contributed by atoms with Gasteiger partial charge in [-0.2, -0.15) is 15.1 Å². The number of aryl methyl sites for hydroxylation is 2. The van der Waals surface area contributed by atoms with Gasteiger partial charge in [-0.3, -0.25) is 4.68 Å². The molecule has 7 heteroatoms. The second kappa shape index (κ2) is 7.56. The van der Waals surface area contributed by atoms with E-state index in [1.54, 1.807) is 18.0 Å². The summed E-state index contributed by atoms with van der Waals surface area (Å²) < 4.78 is 6.96. The van der Waals surface area contributed by atoms with Crippen LogP contribution in [0, 0.1) is 6.92 Å². The van der Waals surface area contributed by atoms with E-state index in [-0.39, 0.29) is 0 Å². The molecule has 4 aromatic rings. The van der Waals surface area contributed by atoms with Crippen molar-refractivity contribution in [2.75, 3.05) is 17.7 Å². The Hall–Kier alpha value is -3.61. The SMILES string of the molecule is COc1ccc(Nc2nc(NCc3ccc(C)cc3)nc3c2cnn3C)cc1. The van der Waals surface area contributed by atoms with Crippen molar-refractivity contribution in [2.24, 2.45) is 7.05 Å². The molecular formula is C21H22N6O. The van der Waals surface area contributed by atoms with Crippen molar-refractivity contribution in [1.82, 2.24) is 19.7 Å². The number of hydrogen-bond acceptors (Lipinski definition) is 6. The molecule has 2 N–H and O–H groups in total. The minimum absolute atomic E-state index is 0.549. The first-order valence-corrected chi connectivity index (χ1v) is 9.02. The van der Waals surface area contributed by atoms with Gasteiger partial charge >= 0.3 is 0 Å². The first kappa shape index (κ1) is 17.8. The van der Waals surface area contributed by atoms with Gasteiger partial charge in [0.1, 0.15) is 11.6 Å². The van der Waals surface area contributed by atoms with E-state index >= 15 is 0 Å². The van der Waals surface area contributed by atoms with Gasteiger partial charge in [-0.1, -0.05) is 29.8 Å². The summed E-state index contributed by atoms with van der Waals surface area (Å²) in [6.07, 6.45) is 1.77. The third-order valence-corrected chi connectivity index (χ3v) is 4.52. The average molecular weight is 374 g/mol. The van der Waals surface area contributed by atoms with Crippen LogP contribution in [0.2, 0.25) is 0 Å². The maximum absolute atomic E-state index is 5.22. The lowest BCUT2D eigenvalue weighted by Gasteiger charge is -2.11. The predicted octanol–water partition coefficient (Wildman–Crippen LogP) is 4.04. The normalized spacial score (nSPS) is 10.8. The Bertz CT molecular complexity index is 1090. The predicted molar refractivity (Wildman–Crippen MR) is 111 cm³/mol. The van der Waals surface area contributed by atoms with E-state index in [2.05, 4.69) is 56.9 Å². The van der Waals surface area contributed by atoms with Crippen LogP contribution < -0.4 is 15.4 Å². The highest BCUT2D eigenvalue weighted by molar-refractivity contribution is 5.89. The first-order valence-electron chi connectivity index (χ1n) is 9.02. The van der Waals surface area contributed by atoms with E-state index in [9.17, 15) is 0 Å². The Kier molecular flexibility index (Phi) is 4.80. The molecule has 0 unspecified atom stereocenters. The van der Waals surface area contributed by atoms with E-state index < -0.39 is 0 Å². The lowest BCUT2D eigenvalue weighted by Crippen LogP contribution is -2.07. The Morgan fingerprint density at radius 3 is 2.46 bits per heavy atom. The Labute approximate surface area is 163 Å². The van der Waals surface area contributed by atoms with E-state index in [0.29, 0.717) is 18.3 Å². The van der Waals surface area contributed by atoms with Gasteiger partial charge in [0.15, 0.2) is 5.65 Å². The van der Waals surface area contributed by atoms with Crippen molar-refractivity contribution in [3.63, 3.8) is 0 Å². The second-order valence-electron chi connectivity index (χ2n) is 6.59. The summed E-state index contributed by atoms with van der Waals surface area (Å²) in [7, 11) is 3.52. The number of hydrogen-bond donors (Lipinski definition) is 2. The minimum atomic E-state index is 0.549. The zero-order valence-electron chi connectivity index (χ0n) is 16.1. The van der Waals surface area contributed by atoms with Crippen LogP contribution in [0.1, 0.15) is 11.1 Å². The van der Waals surface area contributed by atoms with Crippen molar-refractivity contribution >= 4 is 28.5 Å². The minimum Gasteiger partial charge on any atom is -0.497 e. The molecule has 0 bridgehead atoms. The summed E-state index contributed by atoms with van der Waals surface area (Å²) in [5, 5.41) is 11.8. The highest BCUT2D eigenvalue weighted by Crippen LogP contribution is 2.26.